The monoisotopic (exact) mass is 183 g/mol. The Bertz CT molecular complexity index is 160. The van der Waals surface area contributed by atoms with Crippen LogP contribution in [0, 0.1) is 0 Å². The van der Waals surface area contributed by atoms with E-state index < -0.39 is 0 Å². The fourth-order valence-corrected chi connectivity index (χ4v) is 1.88. The molecule has 0 aromatic rings. The molecule has 0 aliphatic carbocycles. The average molecular weight is 183 g/mol. The maximum absolute atomic E-state index is 4.38. The van der Waals surface area contributed by atoms with Crippen molar-refractivity contribution in [2.45, 2.75) is 32.7 Å². The van der Waals surface area contributed by atoms with Gasteiger partial charge in [0, 0.05) is 18.8 Å². The molecule has 1 saturated heterocycles. The summed E-state index contributed by atoms with van der Waals surface area (Å²) in [4.78, 5) is 2.39. The first-order valence-corrected chi connectivity index (χ1v) is 5.21. The van der Waals surface area contributed by atoms with Gasteiger partial charge in [-0.1, -0.05) is 0 Å². The maximum atomic E-state index is 4.38. The van der Waals surface area contributed by atoms with Gasteiger partial charge in [-0.25, -0.2) is 0 Å². The van der Waals surface area contributed by atoms with Crippen molar-refractivity contribution in [2.75, 3.05) is 26.7 Å². The van der Waals surface area contributed by atoms with Gasteiger partial charge in [0.05, 0.1) is 0 Å². The molecule has 0 spiro atoms. The predicted octanol–water partition coefficient (Wildman–Crippen LogP) is 1.41. The molecule has 1 fully saturated rings. The fourth-order valence-electron chi connectivity index (χ4n) is 1.88. The zero-order valence-corrected chi connectivity index (χ0v) is 9.03. The lowest BCUT2D eigenvalue weighted by Crippen LogP contribution is -2.41. The summed E-state index contributed by atoms with van der Waals surface area (Å²) in [5.41, 5.74) is 0. The summed E-state index contributed by atoms with van der Waals surface area (Å²) in [6.07, 6.45) is 4.39. The van der Waals surface area contributed by atoms with Crippen molar-refractivity contribution in [3.8, 4) is 0 Å². The van der Waals surface area contributed by atoms with Gasteiger partial charge in [-0.05, 0) is 46.8 Å². The Hall–Kier alpha value is -0.570. The van der Waals surface area contributed by atoms with Crippen LogP contribution in [-0.4, -0.2) is 48.8 Å². The van der Waals surface area contributed by atoms with Crippen LogP contribution >= 0.6 is 0 Å². The number of hydrazone groups is 1. The van der Waals surface area contributed by atoms with Gasteiger partial charge >= 0.3 is 0 Å². The number of hydrogen-bond acceptors (Lipinski definition) is 3. The largest absolute Gasteiger partial charge is 0.306 e. The van der Waals surface area contributed by atoms with Crippen molar-refractivity contribution < 1.29 is 0 Å². The standard InChI is InChI=1S/C10H21N3/c1-4-11-13(5-2)10-6-8-12(3)9-7-10/h4,10H,5-9H2,1-3H3. The van der Waals surface area contributed by atoms with E-state index >= 15 is 0 Å². The summed E-state index contributed by atoms with van der Waals surface area (Å²) < 4.78 is 0. The topological polar surface area (TPSA) is 18.8 Å². The second kappa shape index (κ2) is 5.22. The summed E-state index contributed by atoms with van der Waals surface area (Å²) in [7, 11) is 2.19. The molecule has 76 valence electrons. The molecule has 3 heteroatoms. The summed E-state index contributed by atoms with van der Waals surface area (Å²) in [5.74, 6) is 0. The van der Waals surface area contributed by atoms with Crippen LogP contribution in [0.4, 0.5) is 0 Å². The normalized spacial score (nSPS) is 21.2. The third kappa shape index (κ3) is 2.99. The van der Waals surface area contributed by atoms with Crippen LogP contribution in [0.1, 0.15) is 26.7 Å². The molecule has 0 radical (unpaired) electrons. The molecule has 0 saturated carbocycles. The highest BCUT2D eigenvalue weighted by molar-refractivity contribution is 5.52. The van der Waals surface area contributed by atoms with E-state index in [1.165, 1.54) is 25.9 Å². The number of rotatable bonds is 3. The Morgan fingerprint density at radius 2 is 2.08 bits per heavy atom. The maximum Gasteiger partial charge on any atom is 0.0494 e. The molecule has 0 amide bonds. The third-order valence-corrected chi connectivity index (χ3v) is 2.70. The smallest absolute Gasteiger partial charge is 0.0494 e. The fraction of sp³-hybridized carbons (Fsp3) is 0.900. The van der Waals surface area contributed by atoms with Crippen molar-refractivity contribution in [1.29, 1.82) is 0 Å². The van der Waals surface area contributed by atoms with E-state index in [1.807, 2.05) is 13.1 Å². The van der Waals surface area contributed by atoms with Gasteiger partial charge in [0.15, 0.2) is 0 Å². The summed E-state index contributed by atoms with van der Waals surface area (Å²) in [5, 5.41) is 6.60. The van der Waals surface area contributed by atoms with E-state index in [-0.39, 0.29) is 0 Å². The molecule has 0 atom stereocenters. The quantitative estimate of drug-likeness (QED) is 0.486. The Morgan fingerprint density at radius 3 is 2.54 bits per heavy atom. The van der Waals surface area contributed by atoms with Crippen molar-refractivity contribution in [3.05, 3.63) is 0 Å². The minimum Gasteiger partial charge on any atom is -0.306 e. The SMILES string of the molecule is CC=NN(CC)C1CCN(C)CC1. The van der Waals surface area contributed by atoms with Gasteiger partial charge in [0.25, 0.3) is 0 Å². The molecule has 0 aromatic heterocycles. The molecule has 1 heterocycles. The number of nitrogens with zero attached hydrogens (tertiary/aromatic N) is 3. The average Bonchev–Trinajstić information content (AvgIpc) is 2.16. The summed E-state index contributed by atoms with van der Waals surface area (Å²) in [6, 6.07) is 0.664. The Labute approximate surface area is 81.4 Å². The van der Waals surface area contributed by atoms with E-state index in [0.717, 1.165) is 6.54 Å². The molecule has 0 N–H and O–H groups in total. The van der Waals surface area contributed by atoms with Gasteiger partial charge in [0.2, 0.25) is 0 Å². The second-order valence-electron chi connectivity index (χ2n) is 3.66. The Balaban J connectivity index is 2.41. The molecular weight excluding hydrogens is 162 g/mol. The van der Waals surface area contributed by atoms with Gasteiger partial charge < -0.3 is 4.90 Å². The molecule has 0 unspecified atom stereocenters. The lowest BCUT2D eigenvalue weighted by molar-refractivity contribution is 0.130. The van der Waals surface area contributed by atoms with Crippen LogP contribution in [0.25, 0.3) is 0 Å². The second-order valence-corrected chi connectivity index (χ2v) is 3.66. The van der Waals surface area contributed by atoms with E-state index in [0.29, 0.717) is 6.04 Å². The van der Waals surface area contributed by atoms with Gasteiger partial charge in [-0.15, -0.1) is 0 Å². The molecule has 1 rings (SSSR count). The van der Waals surface area contributed by atoms with Crippen LogP contribution in [-0.2, 0) is 0 Å². The molecule has 0 aromatic carbocycles. The van der Waals surface area contributed by atoms with Crippen LogP contribution in [0.3, 0.4) is 0 Å². The lowest BCUT2D eigenvalue weighted by Gasteiger charge is -2.34. The summed E-state index contributed by atoms with van der Waals surface area (Å²) in [6.45, 7) is 7.60. The zero-order valence-electron chi connectivity index (χ0n) is 9.03. The number of hydrogen-bond donors (Lipinski definition) is 0. The highest BCUT2D eigenvalue weighted by atomic mass is 15.5. The van der Waals surface area contributed by atoms with Crippen molar-refractivity contribution in [3.63, 3.8) is 0 Å². The first kappa shape index (κ1) is 10.5. The first-order valence-electron chi connectivity index (χ1n) is 5.21. The van der Waals surface area contributed by atoms with E-state index in [2.05, 4.69) is 29.0 Å². The molecular formula is C10H21N3. The highest BCUT2D eigenvalue weighted by Crippen LogP contribution is 2.15. The van der Waals surface area contributed by atoms with E-state index in [1.54, 1.807) is 0 Å². The molecule has 13 heavy (non-hydrogen) atoms. The zero-order chi connectivity index (χ0) is 9.68. The van der Waals surface area contributed by atoms with E-state index in [4.69, 9.17) is 0 Å². The van der Waals surface area contributed by atoms with Gasteiger partial charge in [-0.2, -0.15) is 5.10 Å². The third-order valence-electron chi connectivity index (χ3n) is 2.70. The highest BCUT2D eigenvalue weighted by Gasteiger charge is 2.20. The van der Waals surface area contributed by atoms with Crippen LogP contribution < -0.4 is 0 Å². The van der Waals surface area contributed by atoms with Crippen LogP contribution in [0.2, 0.25) is 0 Å². The molecule has 1 aliphatic heterocycles. The van der Waals surface area contributed by atoms with Gasteiger partial charge in [-0.3, -0.25) is 5.01 Å². The Kier molecular flexibility index (Phi) is 4.22. The van der Waals surface area contributed by atoms with E-state index in [9.17, 15) is 0 Å². The number of piperidine rings is 1. The lowest BCUT2D eigenvalue weighted by atomic mass is 10.1. The van der Waals surface area contributed by atoms with Crippen LogP contribution in [0.15, 0.2) is 5.10 Å². The predicted molar refractivity (Wildman–Crippen MR) is 57.1 cm³/mol. The summed E-state index contributed by atoms with van der Waals surface area (Å²) >= 11 is 0. The van der Waals surface area contributed by atoms with Crippen molar-refractivity contribution in [1.82, 2.24) is 9.91 Å². The van der Waals surface area contributed by atoms with Crippen LogP contribution in [0.5, 0.6) is 0 Å². The molecule has 1 aliphatic rings. The first-order chi connectivity index (χ1) is 6.27. The van der Waals surface area contributed by atoms with Crippen molar-refractivity contribution in [2.24, 2.45) is 5.10 Å². The minimum absolute atomic E-state index is 0.664. The number of likely N-dealkylation sites (tertiary alicyclic amines) is 1. The molecule has 0 bridgehead atoms. The van der Waals surface area contributed by atoms with Crippen molar-refractivity contribution >= 4 is 6.21 Å². The Morgan fingerprint density at radius 1 is 1.46 bits per heavy atom. The molecule has 3 nitrogen and oxygen atoms in total. The minimum atomic E-state index is 0.664. The van der Waals surface area contributed by atoms with Gasteiger partial charge in [0.1, 0.15) is 0 Å².